The number of hydrogen-bond donors (Lipinski definition) is 0. The van der Waals surface area contributed by atoms with E-state index < -0.39 is 0 Å². The molecule has 0 aromatic heterocycles. The first-order valence-electron chi connectivity index (χ1n) is 9.38. The van der Waals surface area contributed by atoms with E-state index >= 15 is 0 Å². The van der Waals surface area contributed by atoms with Crippen LogP contribution in [0.5, 0.6) is 0 Å². The Morgan fingerprint density at radius 3 is 2.41 bits per heavy atom. The van der Waals surface area contributed by atoms with Gasteiger partial charge >= 0.3 is 0 Å². The van der Waals surface area contributed by atoms with Crippen LogP contribution in [0.25, 0.3) is 0 Å². The van der Waals surface area contributed by atoms with Crippen molar-refractivity contribution < 1.29 is 9.59 Å². The minimum Gasteiger partial charge on any atom is -0.339 e. The van der Waals surface area contributed by atoms with Crippen LogP contribution in [0, 0.1) is 18.3 Å². The van der Waals surface area contributed by atoms with E-state index in [1.165, 1.54) is 5.56 Å². The molecule has 3 rings (SSSR count). The maximum absolute atomic E-state index is 13.0. The van der Waals surface area contributed by atoms with Gasteiger partial charge in [0.05, 0.1) is 11.6 Å². The molecule has 4 heteroatoms. The lowest BCUT2D eigenvalue weighted by molar-refractivity contribution is 0.0712. The Kier molecular flexibility index (Phi) is 5.71. The predicted octanol–water partition coefficient (Wildman–Crippen LogP) is 3.91. The largest absolute Gasteiger partial charge is 0.339 e. The molecule has 1 saturated heterocycles. The second kappa shape index (κ2) is 8.18. The van der Waals surface area contributed by atoms with Crippen LogP contribution in [-0.2, 0) is 11.2 Å². The van der Waals surface area contributed by atoms with Crippen molar-refractivity contribution in [3.8, 4) is 6.07 Å². The zero-order chi connectivity index (χ0) is 19.4. The minimum atomic E-state index is 0.00151. The van der Waals surface area contributed by atoms with Gasteiger partial charge in [-0.2, -0.15) is 5.26 Å². The SMILES string of the molecule is CCc1cc(C)c([C]=O)cc1C(=O)N1CCC(c2ccc(C#N)cc2)CC1. The number of likely N-dealkylation sites (tertiary alicyclic amines) is 1. The number of aryl methyl sites for hydroxylation is 2. The van der Waals surface area contributed by atoms with E-state index in [-0.39, 0.29) is 5.91 Å². The van der Waals surface area contributed by atoms with Crippen molar-refractivity contribution in [3.63, 3.8) is 0 Å². The van der Waals surface area contributed by atoms with Gasteiger partial charge < -0.3 is 4.90 Å². The number of nitriles is 1. The zero-order valence-electron chi connectivity index (χ0n) is 15.8. The fourth-order valence-electron chi connectivity index (χ4n) is 3.79. The van der Waals surface area contributed by atoms with Crippen molar-refractivity contribution in [1.29, 1.82) is 5.26 Å². The Hall–Kier alpha value is -2.93. The van der Waals surface area contributed by atoms with Crippen molar-refractivity contribution in [1.82, 2.24) is 4.90 Å². The molecule has 4 nitrogen and oxygen atoms in total. The summed E-state index contributed by atoms with van der Waals surface area (Å²) in [5.74, 6) is 0.408. The van der Waals surface area contributed by atoms with Crippen molar-refractivity contribution in [2.45, 2.75) is 39.0 Å². The van der Waals surface area contributed by atoms with Crippen LogP contribution < -0.4 is 0 Å². The maximum Gasteiger partial charge on any atom is 0.254 e. The number of rotatable bonds is 4. The fourth-order valence-corrected chi connectivity index (χ4v) is 3.79. The average Bonchev–Trinajstić information content (AvgIpc) is 2.73. The lowest BCUT2D eigenvalue weighted by Crippen LogP contribution is -2.38. The third kappa shape index (κ3) is 3.93. The topological polar surface area (TPSA) is 61.2 Å². The van der Waals surface area contributed by atoms with Crippen LogP contribution in [-0.4, -0.2) is 30.2 Å². The van der Waals surface area contributed by atoms with Gasteiger partial charge in [0.15, 0.2) is 0 Å². The molecule has 1 heterocycles. The number of carbonyl (C=O) groups excluding carboxylic acids is 2. The summed E-state index contributed by atoms with van der Waals surface area (Å²) in [6.45, 7) is 5.28. The van der Waals surface area contributed by atoms with Gasteiger partial charge in [0, 0.05) is 24.2 Å². The molecular weight excluding hydrogens is 336 g/mol. The number of piperidine rings is 1. The normalized spacial score (nSPS) is 14.6. The molecule has 1 aliphatic heterocycles. The highest BCUT2D eigenvalue weighted by Crippen LogP contribution is 2.29. The molecule has 2 aromatic rings. The number of carbonyl (C=O) groups is 1. The van der Waals surface area contributed by atoms with Crippen molar-refractivity contribution >= 4 is 12.2 Å². The molecule has 0 aliphatic carbocycles. The Labute approximate surface area is 160 Å². The third-order valence-corrected chi connectivity index (χ3v) is 5.46. The highest BCUT2D eigenvalue weighted by atomic mass is 16.2. The summed E-state index contributed by atoms with van der Waals surface area (Å²) in [5, 5.41) is 8.92. The van der Waals surface area contributed by atoms with Crippen LogP contribution in [0.1, 0.15) is 63.9 Å². The first-order chi connectivity index (χ1) is 13.1. The van der Waals surface area contributed by atoms with Crippen LogP contribution >= 0.6 is 0 Å². The van der Waals surface area contributed by atoms with Crippen molar-refractivity contribution in [3.05, 3.63) is 69.8 Å². The monoisotopic (exact) mass is 359 g/mol. The summed E-state index contributed by atoms with van der Waals surface area (Å²) in [7, 11) is 0. The summed E-state index contributed by atoms with van der Waals surface area (Å²) in [6, 6.07) is 13.5. The molecule has 0 atom stereocenters. The molecule has 1 amide bonds. The van der Waals surface area contributed by atoms with Gasteiger partial charge in [-0.15, -0.1) is 0 Å². The summed E-state index contributed by atoms with van der Waals surface area (Å²) in [5.41, 5.74) is 4.81. The van der Waals surface area contributed by atoms with Gasteiger partial charge in [0.25, 0.3) is 5.91 Å². The predicted molar refractivity (Wildman–Crippen MR) is 104 cm³/mol. The maximum atomic E-state index is 13.0. The van der Waals surface area contributed by atoms with Gasteiger partial charge in [-0.3, -0.25) is 9.59 Å². The molecule has 1 radical (unpaired) electrons. The molecule has 1 fully saturated rings. The Balaban J connectivity index is 1.73. The Morgan fingerprint density at radius 1 is 1.19 bits per heavy atom. The van der Waals surface area contributed by atoms with Gasteiger partial charge in [0.1, 0.15) is 0 Å². The van der Waals surface area contributed by atoms with Crippen molar-refractivity contribution in [2.75, 3.05) is 13.1 Å². The molecule has 0 bridgehead atoms. The van der Waals surface area contributed by atoms with E-state index in [0.29, 0.717) is 35.7 Å². The third-order valence-electron chi connectivity index (χ3n) is 5.46. The van der Waals surface area contributed by atoms with E-state index in [0.717, 1.165) is 30.4 Å². The summed E-state index contributed by atoms with van der Waals surface area (Å²) < 4.78 is 0. The van der Waals surface area contributed by atoms with Crippen LogP contribution in [0.3, 0.4) is 0 Å². The molecule has 1 aliphatic rings. The number of amides is 1. The lowest BCUT2D eigenvalue weighted by Gasteiger charge is -2.33. The fraction of sp³-hybridized carbons (Fsp3) is 0.348. The number of benzene rings is 2. The lowest BCUT2D eigenvalue weighted by atomic mass is 9.88. The van der Waals surface area contributed by atoms with E-state index in [1.54, 1.807) is 6.07 Å². The summed E-state index contributed by atoms with van der Waals surface area (Å²) >= 11 is 0. The molecule has 0 N–H and O–H groups in total. The molecule has 137 valence electrons. The quantitative estimate of drug-likeness (QED) is 0.831. The highest BCUT2D eigenvalue weighted by Gasteiger charge is 2.26. The highest BCUT2D eigenvalue weighted by molar-refractivity contribution is 5.97. The first kappa shape index (κ1) is 18.8. The Bertz CT molecular complexity index is 886. The van der Waals surface area contributed by atoms with E-state index in [4.69, 9.17) is 5.26 Å². The minimum absolute atomic E-state index is 0.00151. The second-order valence-electron chi connectivity index (χ2n) is 7.08. The van der Waals surface area contributed by atoms with Gasteiger partial charge in [-0.05, 0) is 67.0 Å². The standard InChI is InChI=1S/C23H23N2O2/c1-3-18-12-16(2)21(15-26)13-22(18)23(27)25-10-8-20(9-11-25)19-6-4-17(14-24)5-7-19/h4-7,12-13,20H,3,8-11H2,1-2H3. The van der Waals surface area contributed by atoms with Crippen LogP contribution in [0.15, 0.2) is 36.4 Å². The second-order valence-corrected chi connectivity index (χ2v) is 7.08. The van der Waals surface area contributed by atoms with Gasteiger partial charge in [-0.25, -0.2) is 0 Å². The van der Waals surface area contributed by atoms with E-state index in [1.807, 2.05) is 55.4 Å². The van der Waals surface area contributed by atoms with Gasteiger partial charge in [0.2, 0.25) is 6.29 Å². The van der Waals surface area contributed by atoms with E-state index in [2.05, 4.69) is 6.07 Å². The molecular formula is C23H23N2O2. The Morgan fingerprint density at radius 2 is 1.85 bits per heavy atom. The molecule has 2 aromatic carbocycles. The number of hydrogen-bond acceptors (Lipinski definition) is 3. The van der Waals surface area contributed by atoms with E-state index in [9.17, 15) is 9.59 Å². The van der Waals surface area contributed by atoms with Gasteiger partial charge in [-0.1, -0.05) is 25.1 Å². The van der Waals surface area contributed by atoms with Crippen LogP contribution in [0.4, 0.5) is 0 Å². The summed E-state index contributed by atoms with van der Waals surface area (Å²) in [6.07, 6.45) is 4.49. The number of nitrogens with zero attached hydrogens (tertiary/aromatic N) is 2. The first-order valence-corrected chi connectivity index (χ1v) is 9.38. The van der Waals surface area contributed by atoms with Crippen LogP contribution in [0.2, 0.25) is 0 Å². The average molecular weight is 359 g/mol. The molecule has 0 unspecified atom stereocenters. The summed E-state index contributed by atoms with van der Waals surface area (Å²) in [4.78, 5) is 26.1. The smallest absolute Gasteiger partial charge is 0.254 e. The van der Waals surface area contributed by atoms with Crippen molar-refractivity contribution in [2.24, 2.45) is 0 Å². The molecule has 0 saturated carbocycles. The zero-order valence-corrected chi connectivity index (χ0v) is 15.8. The molecule has 0 spiro atoms. The molecule has 27 heavy (non-hydrogen) atoms.